The molecule has 2 rings (SSSR count). The van der Waals surface area contributed by atoms with Crippen molar-refractivity contribution in [2.75, 3.05) is 6.54 Å². The van der Waals surface area contributed by atoms with E-state index in [1.54, 1.807) is 25.1 Å². The molecule has 0 aromatic heterocycles. The molecule has 0 radical (unpaired) electrons. The van der Waals surface area contributed by atoms with E-state index >= 15 is 0 Å². The van der Waals surface area contributed by atoms with Crippen molar-refractivity contribution in [2.45, 2.75) is 39.3 Å². The van der Waals surface area contributed by atoms with Gasteiger partial charge in [0.1, 0.15) is 11.9 Å². The van der Waals surface area contributed by atoms with Gasteiger partial charge in [0.15, 0.2) is 0 Å². The highest BCUT2D eigenvalue weighted by molar-refractivity contribution is 6.31. The van der Waals surface area contributed by atoms with Gasteiger partial charge in [0, 0.05) is 24.5 Å². The van der Waals surface area contributed by atoms with Crippen molar-refractivity contribution in [2.24, 2.45) is 0 Å². The molecule has 0 unspecified atom stereocenters. The number of nitrogens with one attached hydrogen (secondary N) is 1. The van der Waals surface area contributed by atoms with Crippen LogP contribution in [0, 0.1) is 5.82 Å². The number of rotatable bonds is 8. The van der Waals surface area contributed by atoms with Gasteiger partial charge in [-0.1, -0.05) is 41.9 Å². The fraction of sp³-hybridized carbons (Fsp3) is 0.333. The molecule has 0 aliphatic carbocycles. The van der Waals surface area contributed by atoms with Gasteiger partial charge in [-0.3, -0.25) is 9.59 Å². The van der Waals surface area contributed by atoms with Gasteiger partial charge in [-0.05, 0) is 49.6 Å². The maximum atomic E-state index is 13.2. The largest absolute Gasteiger partial charge is 0.355 e. The van der Waals surface area contributed by atoms with Crippen molar-refractivity contribution >= 4 is 23.4 Å². The van der Waals surface area contributed by atoms with E-state index in [1.807, 2.05) is 25.1 Å². The number of amides is 2. The molecule has 0 saturated carbocycles. The first-order valence-electron chi connectivity index (χ1n) is 8.97. The smallest absolute Gasteiger partial charge is 0.242 e. The molecule has 0 heterocycles. The summed E-state index contributed by atoms with van der Waals surface area (Å²) >= 11 is 6.16. The van der Waals surface area contributed by atoms with E-state index in [9.17, 15) is 14.0 Å². The summed E-state index contributed by atoms with van der Waals surface area (Å²) in [5, 5.41) is 3.36. The van der Waals surface area contributed by atoms with Crippen LogP contribution in [0.4, 0.5) is 4.39 Å². The Kier molecular flexibility index (Phi) is 7.80. The molecule has 1 atom stereocenters. The Morgan fingerprint density at radius 1 is 1.15 bits per heavy atom. The first kappa shape index (κ1) is 20.9. The maximum absolute atomic E-state index is 13.2. The minimum absolute atomic E-state index is 0.155. The summed E-state index contributed by atoms with van der Waals surface area (Å²) in [6, 6.07) is 12.7. The van der Waals surface area contributed by atoms with Gasteiger partial charge in [0.2, 0.25) is 11.8 Å². The molecule has 2 aromatic carbocycles. The molecule has 27 heavy (non-hydrogen) atoms. The lowest BCUT2D eigenvalue weighted by Gasteiger charge is -2.29. The average molecular weight is 391 g/mol. The second-order valence-corrected chi connectivity index (χ2v) is 6.72. The van der Waals surface area contributed by atoms with Gasteiger partial charge in [-0.2, -0.15) is 0 Å². The number of benzene rings is 2. The number of hydrogen-bond donors (Lipinski definition) is 1. The molecule has 0 aliphatic heterocycles. The number of carbonyl (C=O) groups is 2. The van der Waals surface area contributed by atoms with Crippen LogP contribution in [0.15, 0.2) is 48.5 Å². The number of hydrogen-bond acceptors (Lipinski definition) is 2. The molecule has 2 amide bonds. The Hall–Kier alpha value is -2.40. The minimum atomic E-state index is -0.631. The second kappa shape index (κ2) is 10.1. The number of halogens is 2. The number of likely N-dealkylation sites (N-methyl/N-ethyl adjacent to an activating group) is 1. The molecular formula is C21H24ClFN2O2. The summed E-state index contributed by atoms with van der Waals surface area (Å²) in [5.74, 6) is -0.712. The lowest BCUT2D eigenvalue weighted by Crippen LogP contribution is -2.47. The molecule has 0 saturated heterocycles. The fourth-order valence-corrected chi connectivity index (χ4v) is 3.01. The highest BCUT2D eigenvalue weighted by Gasteiger charge is 2.25. The van der Waals surface area contributed by atoms with Crippen LogP contribution in [-0.2, 0) is 22.6 Å². The van der Waals surface area contributed by atoms with Crippen LogP contribution in [-0.4, -0.2) is 29.3 Å². The first-order valence-corrected chi connectivity index (χ1v) is 9.35. The van der Waals surface area contributed by atoms with Crippen molar-refractivity contribution in [3.05, 3.63) is 70.5 Å². The fourth-order valence-electron chi connectivity index (χ4n) is 2.78. The number of carbonyl (C=O) groups excluding carboxylic acids is 2. The lowest BCUT2D eigenvalue weighted by atomic mass is 10.1. The maximum Gasteiger partial charge on any atom is 0.242 e. The topological polar surface area (TPSA) is 49.4 Å². The quantitative estimate of drug-likeness (QED) is 0.741. The van der Waals surface area contributed by atoms with Gasteiger partial charge in [-0.15, -0.1) is 0 Å². The second-order valence-electron chi connectivity index (χ2n) is 6.31. The van der Waals surface area contributed by atoms with Crippen LogP contribution in [0.3, 0.4) is 0 Å². The molecule has 0 spiro atoms. The summed E-state index contributed by atoms with van der Waals surface area (Å²) in [4.78, 5) is 26.7. The number of aryl methyl sites for hydroxylation is 1. The highest BCUT2D eigenvalue weighted by Crippen LogP contribution is 2.18. The lowest BCUT2D eigenvalue weighted by molar-refractivity contribution is -0.140. The zero-order valence-electron chi connectivity index (χ0n) is 15.5. The highest BCUT2D eigenvalue weighted by atomic mass is 35.5. The summed E-state index contributed by atoms with van der Waals surface area (Å²) in [7, 11) is 0. The SMILES string of the molecule is CCNC(=O)[C@H](C)N(Cc1ccc(F)cc1)C(=O)CCc1ccccc1Cl. The Balaban J connectivity index is 2.14. The van der Waals surface area contributed by atoms with Gasteiger partial charge in [0.25, 0.3) is 0 Å². The van der Waals surface area contributed by atoms with Crippen LogP contribution in [0.2, 0.25) is 5.02 Å². The third-order valence-electron chi connectivity index (χ3n) is 4.35. The van der Waals surface area contributed by atoms with E-state index in [0.29, 0.717) is 18.0 Å². The van der Waals surface area contributed by atoms with Crippen LogP contribution in [0.25, 0.3) is 0 Å². The predicted octanol–water partition coefficient (Wildman–Crippen LogP) is 3.97. The molecule has 2 aromatic rings. The van der Waals surface area contributed by atoms with E-state index in [1.165, 1.54) is 17.0 Å². The average Bonchev–Trinajstić information content (AvgIpc) is 2.66. The van der Waals surface area contributed by atoms with Crippen LogP contribution in [0.1, 0.15) is 31.4 Å². The monoisotopic (exact) mass is 390 g/mol. The Morgan fingerprint density at radius 2 is 1.81 bits per heavy atom. The van der Waals surface area contributed by atoms with Gasteiger partial charge in [-0.25, -0.2) is 4.39 Å². The predicted molar refractivity (Wildman–Crippen MR) is 105 cm³/mol. The minimum Gasteiger partial charge on any atom is -0.355 e. The first-order chi connectivity index (χ1) is 12.9. The van der Waals surface area contributed by atoms with Gasteiger partial charge < -0.3 is 10.2 Å². The Morgan fingerprint density at radius 3 is 2.44 bits per heavy atom. The summed E-state index contributed by atoms with van der Waals surface area (Å²) in [6.07, 6.45) is 0.717. The molecule has 0 fully saturated rings. The standard InChI is InChI=1S/C21H24ClFN2O2/c1-3-24-21(27)15(2)25(14-16-8-11-18(23)12-9-16)20(26)13-10-17-6-4-5-7-19(17)22/h4-9,11-12,15H,3,10,13-14H2,1-2H3,(H,24,27)/t15-/m0/s1. The van der Waals surface area contributed by atoms with E-state index in [-0.39, 0.29) is 30.6 Å². The molecule has 4 nitrogen and oxygen atoms in total. The van der Waals surface area contributed by atoms with E-state index in [4.69, 9.17) is 11.6 Å². The molecule has 0 bridgehead atoms. The molecule has 144 valence electrons. The molecule has 0 aliphatic rings. The number of nitrogens with zero attached hydrogens (tertiary/aromatic N) is 1. The van der Waals surface area contributed by atoms with Crippen LogP contribution < -0.4 is 5.32 Å². The van der Waals surface area contributed by atoms with E-state index < -0.39 is 6.04 Å². The third kappa shape index (κ3) is 6.07. The van der Waals surface area contributed by atoms with Crippen molar-refractivity contribution in [1.29, 1.82) is 0 Å². The third-order valence-corrected chi connectivity index (χ3v) is 4.72. The van der Waals surface area contributed by atoms with Crippen LogP contribution >= 0.6 is 11.6 Å². The zero-order chi connectivity index (χ0) is 19.8. The normalized spacial score (nSPS) is 11.7. The van der Waals surface area contributed by atoms with Gasteiger partial charge in [0.05, 0.1) is 0 Å². The molecule has 1 N–H and O–H groups in total. The van der Waals surface area contributed by atoms with Crippen molar-refractivity contribution < 1.29 is 14.0 Å². The Labute approximate surface area is 164 Å². The summed E-state index contributed by atoms with van der Waals surface area (Å²) in [5.41, 5.74) is 1.65. The van der Waals surface area contributed by atoms with E-state index in [2.05, 4.69) is 5.32 Å². The summed E-state index contributed by atoms with van der Waals surface area (Å²) in [6.45, 7) is 4.25. The summed E-state index contributed by atoms with van der Waals surface area (Å²) < 4.78 is 13.2. The molecule has 6 heteroatoms. The van der Waals surface area contributed by atoms with Gasteiger partial charge >= 0.3 is 0 Å². The van der Waals surface area contributed by atoms with E-state index in [0.717, 1.165) is 11.1 Å². The van der Waals surface area contributed by atoms with Crippen molar-refractivity contribution in [3.63, 3.8) is 0 Å². The van der Waals surface area contributed by atoms with Crippen LogP contribution in [0.5, 0.6) is 0 Å². The zero-order valence-corrected chi connectivity index (χ0v) is 16.3. The van der Waals surface area contributed by atoms with Crippen molar-refractivity contribution in [3.8, 4) is 0 Å². The molecular weight excluding hydrogens is 367 g/mol. The van der Waals surface area contributed by atoms with Crippen molar-refractivity contribution in [1.82, 2.24) is 10.2 Å². The Bertz CT molecular complexity index is 780.